The molecule has 0 bridgehead atoms. The van der Waals surface area contributed by atoms with E-state index in [1.54, 1.807) is 0 Å². The maximum atomic E-state index is 6.75. The van der Waals surface area contributed by atoms with E-state index >= 15 is 0 Å². The summed E-state index contributed by atoms with van der Waals surface area (Å²) in [5.41, 5.74) is 15.0. The number of rotatable bonds is 2. The number of fused-ring (bicyclic) bond motifs is 2. The smallest absolute Gasteiger partial charge is 0.150 e. The summed E-state index contributed by atoms with van der Waals surface area (Å²) in [7, 11) is 0. The first-order valence-corrected chi connectivity index (χ1v) is 11.4. The third-order valence-corrected chi connectivity index (χ3v) is 7.65. The number of nitrogens with two attached hydrogens (primary N) is 1. The second kappa shape index (κ2) is 8.09. The lowest BCUT2D eigenvalue weighted by molar-refractivity contribution is 0.156. The van der Waals surface area contributed by atoms with Crippen molar-refractivity contribution in [2.45, 2.75) is 52.6 Å². The van der Waals surface area contributed by atoms with Gasteiger partial charge in [0.2, 0.25) is 0 Å². The van der Waals surface area contributed by atoms with Gasteiger partial charge >= 0.3 is 0 Å². The average molecular weight is 432 g/mol. The van der Waals surface area contributed by atoms with E-state index in [4.69, 9.17) is 25.4 Å². The molecule has 2 aromatic rings. The van der Waals surface area contributed by atoms with Crippen LogP contribution in [0.25, 0.3) is 0 Å². The molecule has 32 heavy (non-hydrogen) atoms. The summed E-state index contributed by atoms with van der Waals surface area (Å²) in [4.78, 5) is 17.2. The molecule has 1 aromatic carbocycles. The number of aryl methyl sites for hydroxylation is 1. The molecule has 6 rings (SSSR count). The lowest BCUT2D eigenvalue weighted by atomic mass is 9.73. The summed E-state index contributed by atoms with van der Waals surface area (Å²) in [6.45, 7) is 6.08. The molecule has 168 valence electrons. The summed E-state index contributed by atoms with van der Waals surface area (Å²) < 4.78 is 5.45. The second-order valence-electron chi connectivity index (χ2n) is 9.35. The Kier molecular flexibility index (Phi) is 5.38. The van der Waals surface area contributed by atoms with Crippen LogP contribution in [0.15, 0.2) is 40.9 Å². The third kappa shape index (κ3) is 3.28. The average Bonchev–Trinajstić information content (AvgIpc) is 3.33. The number of ether oxygens (including phenoxy) is 1. The van der Waals surface area contributed by atoms with Crippen LogP contribution in [-0.4, -0.2) is 42.0 Å². The zero-order chi connectivity index (χ0) is 21.0. The van der Waals surface area contributed by atoms with Gasteiger partial charge in [-0.15, -0.1) is 0 Å². The van der Waals surface area contributed by atoms with E-state index < -0.39 is 0 Å². The van der Waals surface area contributed by atoms with E-state index in [1.807, 2.05) is 0 Å². The normalized spacial score (nSPS) is 23.3. The zero-order valence-electron chi connectivity index (χ0n) is 18.1. The summed E-state index contributed by atoms with van der Waals surface area (Å²) >= 11 is 0. The third-order valence-electron chi connectivity index (χ3n) is 7.65. The van der Waals surface area contributed by atoms with E-state index in [2.05, 4.69) is 42.2 Å². The van der Waals surface area contributed by atoms with Crippen LogP contribution >= 0.6 is 0 Å². The number of aliphatic imine (C=N–C) groups is 1. The topological polar surface area (TPSA) is 76.6 Å². The number of hydrogen-bond donors (Lipinski definition) is 1. The van der Waals surface area contributed by atoms with Crippen molar-refractivity contribution in [3.8, 4) is 0 Å². The van der Waals surface area contributed by atoms with Crippen molar-refractivity contribution < 1.29 is 4.74 Å². The maximum absolute atomic E-state index is 6.75. The minimum absolute atomic E-state index is 0. The van der Waals surface area contributed by atoms with Crippen molar-refractivity contribution in [3.05, 3.63) is 64.1 Å². The highest BCUT2D eigenvalue weighted by molar-refractivity contribution is 6.13. The predicted octanol–water partition coefficient (Wildman–Crippen LogP) is 3.91. The number of hydrogen-bond acceptors (Lipinski definition) is 6. The van der Waals surface area contributed by atoms with Gasteiger partial charge in [-0.25, -0.2) is 9.97 Å². The van der Waals surface area contributed by atoms with Gasteiger partial charge < -0.3 is 15.4 Å². The lowest BCUT2D eigenvalue weighted by Gasteiger charge is -2.43. The molecule has 0 radical (unpaired) electrons. The van der Waals surface area contributed by atoms with Crippen LogP contribution in [0.1, 0.15) is 60.9 Å². The molecular weight excluding hydrogens is 398 g/mol. The van der Waals surface area contributed by atoms with Crippen LogP contribution < -0.4 is 10.6 Å². The molecule has 6 heteroatoms. The van der Waals surface area contributed by atoms with Gasteiger partial charge in [-0.1, -0.05) is 37.8 Å². The Balaban J connectivity index is 0.00000216. The van der Waals surface area contributed by atoms with Crippen molar-refractivity contribution in [1.82, 2.24) is 9.97 Å². The Morgan fingerprint density at radius 1 is 1.16 bits per heavy atom. The Morgan fingerprint density at radius 3 is 2.72 bits per heavy atom. The number of benzene rings is 1. The van der Waals surface area contributed by atoms with Crippen LogP contribution in [0, 0.1) is 12.3 Å². The fourth-order valence-electron chi connectivity index (χ4n) is 5.84. The van der Waals surface area contributed by atoms with Gasteiger partial charge in [0.25, 0.3) is 0 Å². The molecule has 1 atom stereocenters. The standard InChI is InChI=1S/C25H29N5O.CH4/c1-16-24(29-20-15-27-21(22(20)28-16)17-6-12-31-13-7-17)30-10-8-25(9-11-30)14-18-4-2-3-5-19(18)23(25)26;/h2-6,23H,7-15,26H2,1H3;1H4/t23-;/m1./s1. The van der Waals surface area contributed by atoms with Gasteiger partial charge in [0.15, 0.2) is 0 Å². The molecular formula is C26H33N5O. The first-order valence-electron chi connectivity index (χ1n) is 11.4. The summed E-state index contributed by atoms with van der Waals surface area (Å²) in [6, 6.07) is 8.85. The Morgan fingerprint density at radius 2 is 1.97 bits per heavy atom. The van der Waals surface area contributed by atoms with E-state index in [-0.39, 0.29) is 18.9 Å². The summed E-state index contributed by atoms with van der Waals surface area (Å²) in [5.74, 6) is 1.02. The fourth-order valence-corrected chi connectivity index (χ4v) is 5.84. The number of aromatic nitrogens is 2. The number of anilines is 1. The molecule has 6 nitrogen and oxygen atoms in total. The molecule has 0 amide bonds. The Labute approximate surface area is 190 Å². The molecule has 0 saturated carbocycles. The van der Waals surface area contributed by atoms with Gasteiger partial charge in [-0.3, -0.25) is 4.99 Å². The molecule has 1 aliphatic carbocycles. The van der Waals surface area contributed by atoms with E-state index in [0.29, 0.717) is 13.2 Å². The van der Waals surface area contributed by atoms with Crippen LogP contribution in [0.2, 0.25) is 0 Å². The van der Waals surface area contributed by atoms with E-state index in [0.717, 1.165) is 74.0 Å². The van der Waals surface area contributed by atoms with Gasteiger partial charge in [0.1, 0.15) is 11.5 Å². The fraction of sp³-hybridized carbons (Fsp3) is 0.500. The molecule has 4 aliphatic rings. The lowest BCUT2D eigenvalue weighted by Crippen LogP contribution is -2.45. The largest absolute Gasteiger partial charge is 0.377 e. The molecule has 2 N–H and O–H groups in total. The SMILES string of the molecule is C.Cc1nc2c(nc1N1CCC3(CC1)Cc1ccccc1[C@H]3N)CN=C2C1=CCOCC1. The minimum Gasteiger partial charge on any atom is -0.377 e. The van der Waals surface area contributed by atoms with Crippen molar-refractivity contribution in [3.63, 3.8) is 0 Å². The summed E-state index contributed by atoms with van der Waals surface area (Å²) in [5, 5.41) is 0. The van der Waals surface area contributed by atoms with E-state index in [1.165, 1.54) is 16.7 Å². The van der Waals surface area contributed by atoms with E-state index in [9.17, 15) is 0 Å². The monoisotopic (exact) mass is 431 g/mol. The highest BCUT2D eigenvalue weighted by atomic mass is 16.5. The van der Waals surface area contributed by atoms with Crippen LogP contribution in [-0.2, 0) is 17.7 Å². The Bertz CT molecular complexity index is 1100. The van der Waals surface area contributed by atoms with Crippen LogP contribution in [0.4, 0.5) is 5.82 Å². The van der Waals surface area contributed by atoms with Crippen molar-refractivity contribution in [2.75, 3.05) is 31.2 Å². The Hall–Kier alpha value is -2.57. The van der Waals surface area contributed by atoms with Gasteiger partial charge in [-0.05, 0) is 54.7 Å². The minimum atomic E-state index is 0. The van der Waals surface area contributed by atoms with Crippen LogP contribution in [0.5, 0.6) is 0 Å². The first kappa shape index (κ1) is 21.3. The zero-order valence-corrected chi connectivity index (χ0v) is 18.1. The molecule has 0 unspecified atom stereocenters. The van der Waals surface area contributed by atoms with Crippen molar-refractivity contribution in [2.24, 2.45) is 16.1 Å². The highest BCUT2D eigenvalue weighted by Gasteiger charge is 2.46. The number of piperidine rings is 1. The van der Waals surface area contributed by atoms with Crippen molar-refractivity contribution >= 4 is 11.5 Å². The molecule has 4 heterocycles. The maximum Gasteiger partial charge on any atom is 0.150 e. The molecule has 1 saturated heterocycles. The first-order chi connectivity index (χ1) is 15.1. The molecule has 1 aromatic heterocycles. The van der Waals surface area contributed by atoms with Gasteiger partial charge in [0.05, 0.1) is 36.9 Å². The van der Waals surface area contributed by atoms with Crippen molar-refractivity contribution in [1.29, 1.82) is 0 Å². The van der Waals surface area contributed by atoms with Gasteiger partial charge in [0, 0.05) is 19.1 Å². The predicted molar refractivity (Wildman–Crippen MR) is 128 cm³/mol. The number of nitrogens with zero attached hydrogens (tertiary/aromatic N) is 4. The highest BCUT2D eigenvalue weighted by Crippen LogP contribution is 2.51. The summed E-state index contributed by atoms with van der Waals surface area (Å²) in [6.07, 6.45) is 6.32. The molecule has 1 fully saturated rings. The quantitative estimate of drug-likeness (QED) is 0.780. The van der Waals surface area contributed by atoms with Gasteiger partial charge in [-0.2, -0.15) is 0 Å². The second-order valence-corrected chi connectivity index (χ2v) is 9.35. The molecule has 3 aliphatic heterocycles. The molecule has 1 spiro atoms. The van der Waals surface area contributed by atoms with Crippen LogP contribution in [0.3, 0.4) is 0 Å².